The summed E-state index contributed by atoms with van der Waals surface area (Å²) >= 11 is 0. The lowest BCUT2D eigenvalue weighted by Crippen LogP contribution is -2.25. The lowest BCUT2D eigenvalue weighted by molar-refractivity contribution is 0.0422. The minimum absolute atomic E-state index is 0.402. The van der Waals surface area contributed by atoms with E-state index in [1.165, 1.54) is 31.6 Å². The van der Waals surface area contributed by atoms with Gasteiger partial charge in [-0.2, -0.15) is 0 Å². The van der Waals surface area contributed by atoms with Gasteiger partial charge in [-0.25, -0.2) is 0 Å². The SMILES string of the molecule is CCCCOCC(O)CNc1ccc(N2CCCC2)cc1. The summed E-state index contributed by atoms with van der Waals surface area (Å²) < 4.78 is 5.41. The number of benzene rings is 1. The van der Waals surface area contributed by atoms with E-state index in [0.29, 0.717) is 13.2 Å². The van der Waals surface area contributed by atoms with Gasteiger partial charge in [0.2, 0.25) is 0 Å². The predicted molar refractivity (Wildman–Crippen MR) is 88.1 cm³/mol. The quantitative estimate of drug-likeness (QED) is 0.687. The van der Waals surface area contributed by atoms with Crippen molar-refractivity contribution in [1.82, 2.24) is 0 Å². The van der Waals surface area contributed by atoms with E-state index in [1.54, 1.807) is 0 Å². The van der Waals surface area contributed by atoms with Crippen LogP contribution >= 0.6 is 0 Å². The topological polar surface area (TPSA) is 44.7 Å². The van der Waals surface area contributed by atoms with E-state index >= 15 is 0 Å². The van der Waals surface area contributed by atoms with Crippen LogP contribution < -0.4 is 10.2 Å². The second kappa shape index (κ2) is 8.90. The van der Waals surface area contributed by atoms with Gasteiger partial charge in [-0.3, -0.25) is 0 Å². The number of aliphatic hydroxyl groups is 1. The Balaban J connectivity index is 1.68. The predicted octanol–water partition coefficient (Wildman–Crippen LogP) is 2.88. The molecule has 1 aromatic rings. The monoisotopic (exact) mass is 292 g/mol. The second-order valence-electron chi connectivity index (χ2n) is 5.70. The molecule has 1 heterocycles. The molecule has 0 radical (unpaired) electrons. The Morgan fingerprint density at radius 3 is 2.62 bits per heavy atom. The first-order chi connectivity index (χ1) is 10.3. The fraction of sp³-hybridized carbons (Fsp3) is 0.647. The fourth-order valence-corrected chi connectivity index (χ4v) is 2.53. The lowest BCUT2D eigenvalue weighted by Gasteiger charge is -2.18. The molecule has 1 fully saturated rings. The summed E-state index contributed by atoms with van der Waals surface area (Å²) in [6.07, 6.45) is 4.31. The number of hydrogen-bond donors (Lipinski definition) is 2. The molecule has 4 heteroatoms. The van der Waals surface area contributed by atoms with Crippen molar-refractivity contribution >= 4 is 11.4 Å². The van der Waals surface area contributed by atoms with E-state index in [-0.39, 0.29) is 0 Å². The number of aliphatic hydroxyl groups excluding tert-OH is 1. The molecular weight excluding hydrogens is 264 g/mol. The summed E-state index contributed by atoms with van der Waals surface area (Å²) in [5.74, 6) is 0. The van der Waals surface area contributed by atoms with Gasteiger partial charge in [0.1, 0.15) is 0 Å². The van der Waals surface area contributed by atoms with Gasteiger partial charge in [-0.1, -0.05) is 13.3 Å². The molecule has 1 atom stereocenters. The third-order valence-electron chi connectivity index (χ3n) is 3.83. The Kier molecular flexibility index (Phi) is 6.83. The van der Waals surface area contributed by atoms with Crippen molar-refractivity contribution < 1.29 is 9.84 Å². The Morgan fingerprint density at radius 1 is 1.24 bits per heavy atom. The second-order valence-corrected chi connectivity index (χ2v) is 5.70. The Bertz CT molecular complexity index is 388. The maximum absolute atomic E-state index is 9.84. The van der Waals surface area contributed by atoms with Gasteiger partial charge in [0.05, 0.1) is 12.7 Å². The van der Waals surface area contributed by atoms with Gasteiger partial charge in [-0.15, -0.1) is 0 Å². The Morgan fingerprint density at radius 2 is 1.95 bits per heavy atom. The highest BCUT2D eigenvalue weighted by molar-refractivity contribution is 5.55. The van der Waals surface area contributed by atoms with Crippen molar-refractivity contribution in [3.63, 3.8) is 0 Å². The zero-order chi connectivity index (χ0) is 14.9. The van der Waals surface area contributed by atoms with Crippen LogP contribution in [0.3, 0.4) is 0 Å². The average molecular weight is 292 g/mol. The van der Waals surface area contributed by atoms with E-state index in [2.05, 4.69) is 41.4 Å². The number of unbranched alkanes of at least 4 members (excludes halogenated alkanes) is 1. The number of ether oxygens (including phenoxy) is 1. The maximum Gasteiger partial charge on any atom is 0.0945 e. The van der Waals surface area contributed by atoms with Crippen LogP contribution in [-0.4, -0.2) is 44.1 Å². The minimum Gasteiger partial charge on any atom is -0.389 e. The average Bonchev–Trinajstić information content (AvgIpc) is 3.04. The molecule has 4 nitrogen and oxygen atoms in total. The molecule has 1 aliphatic rings. The van der Waals surface area contributed by atoms with E-state index in [1.807, 2.05) is 0 Å². The third kappa shape index (κ3) is 5.56. The normalized spacial score (nSPS) is 16.2. The van der Waals surface area contributed by atoms with Crippen molar-refractivity contribution in [3.05, 3.63) is 24.3 Å². The third-order valence-corrected chi connectivity index (χ3v) is 3.83. The molecule has 0 amide bonds. The highest BCUT2D eigenvalue weighted by atomic mass is 16.5. The van der Waals surface area contributed by atoms with Crippen LogP contribution in [0.1, 0.15) is 32.6 Å². The minimum atomic E-state index is -0.458. The van der Waals surface area contributed by atoms with Gasteiger partial charge in [-0.05, 0) is 43.5 Å². The van der Waals surface area contributed by atoms with Crippen LogP contribution in [0.15, 0.2) is 24.3 Å². The number of anilines is 2. The molecule has 1 saturated heterocycles. The van der Waals surface area contributed by atoms with E-state index in [4.69, 9.17) is 4.74 Å². The summed E-state index contributed by atoms with van der Waals surface area (Å²) in [4.78, 5) is 2.42. The first kappa shape index (κ1) is 16.1. The van der Waals surface area contributed by atoms with Gasteiger partial charge in [0, 0.05) is 37.6 Å². The van der Waals surface area contributed by atoms with Crippen LogP contribution in [0.25, 0.3) is 0 Å². The molecule has 0 aromatic heterocycles. The van der Waals surface area contributed by atoms with Crippen molar-refractivity contribution in [2.45, 2.75) is 38.7 Å². The van der Waals surface area contributed by atoms with Crippen molar-refractivity contribution in [2.24, 2.45) is 0 Å². The molecule has 2 N–H and O–H groups in total. The zero-order valence-corrected chi connectivity index (χ0v) is 13.1. The van der Waals surface area contributed by atoms with Crippen LogP contribution in [-0.2, 0) is 4.74 Å². The first-order valence-electron chi connectivity index (χ1n) is 8.14. The van der Waals surface area contributed by atoms with Crippen LogP contribution in [0.2, 0.25) is 0 Å². The molecule has 1 unspecified atom stereocenters. The van der Waals surface area contributed by atoms with E-state index < -0.39 is 6.10 Å². The van der Waals surface area contributed by atoms with Gasteiger partial charge < -0.3 is 20.1 Å². The molecule has 118 valence electrons. The summed E-state index contributed by atoms with van der Waals surface area (Å²) in [6.45, 7) is 6.13. The summed E-state index contributed by atoms with van der Waals surface area (Å²) in [6, 6.07) is 8.46. The Hall–Kier alpha value is -1.26. The smallest absolute Gasteiger partial charge is 0.0945 e. The van der Waals surface area contributed by atoms with Crippen molar-refractivity contribution in [2.75, 3.05) is 43.1 Å². The molecule has 1 aliphatic heterocycles. The number of hydrogen-bond acceptors (Lipinski definition) is 4. The molecule has 21 heavy (non-hydrogen) atoms. The highest BCUT2D eigenvalue weighted by Gasteiger charge is 2.11. The van der Waals surface area contributed by atoms with Gasteiger partial charge >= 0.3 is 0 Å². The number of nitrogens with zero attached hydrogens (tertiary/aromatic N) is 1. The summed E-state index contributed by atoms with van der Waals surface area (Å²) in [5.41, 5.74) is 2.34. The maximum atomic E-state index is 9.84. The number of rotatable bonds is 9. The van der Waals surface area contributed by atoms with Gasteiger partial charge in [0.15, 0.2) is 0 Å². The number of nitrogens with one attached hydrogen (secondary N) is 1. The summed E-state index contributed by atoms with van der Waals surface area (Å²) in [7, 11) is 0. The first-order valence-corrected chi connectivity index (χ1v) is 8.14. The molecule has 0 aliphatic carbocycles. The van der Waals surface area contributed by atoms with Crippen LogP contribution in [0, 0.1) is 0 Å². The highest BCUT2D eigenvalue weighted by Crippen LogP contribution is 2.21. The van der Waals surface area contributed by atoms with E-state index in [9.17, 15) is 5.11 Å². The molecule has 0 saturated carbocycles. The molecule has 0 bridgehead atoms. The Labute approximate surface area is 128 Å². The zero-order valence-electron chi connectivity index (χ0n) is 13.1. The van der Waals surface area contributed by atoms with Crippen LogP contribution in [0.5, 0.6) is 0 Å². The van der Waals surface area contributed by atoms with Crippen molar-refractivity contribution in [3.8, 4) is 0 Å². The largest absolute Gasteiger partial charge is 0.389 e. The molecular formula is C17H28N2O2. The van der Waals surface area contributed by atoms with E-state index in [0.717, 1.165) is 25.1 Å². The summed E-state index contributed by atoms with van der Waals surface area (Å²) in [5, 5.41) is 13.1. The molecule has 2 rings (SSSR count). The fourth-order valence-electron chi connectivity index (χ4n) is 2.53. The lowest BCUT2D eigenvalue weighted by atomic mass is 10.2. The molecule has 0 spiro atoms. The van der Waals surface area contributed by atoms with Gasteiger partial charge in [0.25, 0.3) is 0 Å². The van der Waals surface area contributed by atoms with Crippen LogP contribution in [0.4, 0.5) is 11.4 Å². The van der Waals surface area contributed by atoms with Crippen molar-refractivity contribution in [1.29, 1.82) is 0 Å². The standard InChI is InChI=1S/C17H28N2O2/c1-2-3-12-21-14-17(20)13-18-15-6-8-16(9-7-15)19-10-4-5-11-19/h6-9,17-18,20H,2-5,10-14H2,1H3. The molecule has 1 aromatic carbocycles.